The van der Waals surface area contributed by atoms with Gasteiger partial charge in [-0.2, -0.15) is 0 Å². The zero-order valence-corrected chi connectivity index (χ0v) is 13.5. The van der Waals surface area contributed by atoms with E-state index < -0.39 is 0 Å². The van der Waals surface area contributed by atoms with Crippen LogP contribution in [0.15, 0.2) is 18.2 Å². The van der Waals surface area contributed by atoms with Gasteiger partial charge < -0.3 is 10.0 Å². The summed E-state index contributed by atoms with van der Waals surface area (Å²) < 4.78 is 0. The monoisotopic (exact) mass is 263 g/mol. The van der Waals surface area contributed by atoms with E-state index >= 15 is 0 Å². The van der Waals surface area contributed by atoms with Gasteiger partial charge in [0.25, 0.3) is 0 Å². The molecule has 0 saturated carbocycles. The number of nitrogens with zero attached hydrogens (tertiary/aromatic N) is 1. The van der Waals surface area contributed by atoms with Crippen molar-refractivity contribution in [1.29, 1.82) is 0 Å². The first-order chi connectivity index (χ1) is 8.54. The molecule has 0 aromatic heterocycles. The highest BCUT2D eigenvalue weighted by atomic mass is 16.3. The highest BCUT2D eigenvalue weighted by Crippen LogP contribution is 2.29. The maximum atomic E-state index is 9.63. The van der Waals surface area contributed by atoms with Gasteiger partial charge >= 0.3 is 0 Å². The van der Waals surface area contributed by atoms with Crippen molar-refractivity contribution >= 4 is 5.69 Å². The summed E-state index contributed by atoms with van der Waals surface area (Å²) in [6, 6.07) is 6.46. The SMILES string of the molecule is CN(c1ccc(CC(C)(C)C)cc1CO)C(C)(C)C. The molecule has 108 valence electrons. The number of hydrogen-bond acceptors (Lipinski definition) is 2. The summed E-state index contributed by atoms with van der Waals surface area (Å²) in [6.45, 7) is 13.3. The number of rotatable bonds is 3. The molecule has 0 fully saturated rings. The molecule has 0 bridgehead atoms. The van der Waals surface area contributed by atoms with E-state index in [4.69, 9.17) is 0 Å². The van der Waals surface area contributed by atoms with Crippen LogP contribution >= 0.6 is 0 Å². The number of anilines is 1. The van der Waals surface area contributed by atoms with Gasteiger partial charge in [-0.25, -0.2) is 0 Å². The molecule has 1 N–H and O–H groups in total. The van der Waals surface area contributed by atoms with Gasteiger partial charge in [-0.1, -0.05) is 32.9 Å². The molecule has 2 nitrogen and oxygen atoms in total. The zero-order valence-electron chi connectivity index (χ0n) is 13.5. The van der Waals surface area contributed by atoms with E-state index in [0.717, 1.165) is 17.7 Å². The average molecular weight is 263 g/mol. The predicted octanol–water partition coefficient (Wildman–Crippen LogP) is 4.00. The van der Waals surface area contributed by atoms with Gasteiger partial charge in [0.15, 0.2) is 0 Å². The third-order valence-electron chi connectivity index (χ3n) is 3.42. The summed E-state index contributed by atoms with van der Waals surface area (Å²) in [5.41, 5.74) is 3.74. The molecule has 1 rings (SSSR count). The normalized spacial score (nSPS) is 12.6. The van der Waals surface area contributed by atoms with Crippen molar-refractivity contribution in [3.63, 3.8) is 0 Å². The Morgan fingerprint density at radius 1 is 1.05 bits per heavy atom. The first kappa shape index (κ1) is 16.0. The van der Waals surface area contributed by atoms with Crippen LogP contribution in [0.25, 0.3) is 0 Å². The lowest BCUT2D eigenvalue weighted by Gasteiger charge is -2.35. The maximum absolute atomic E-state index is 9.63. The molecule has 0 amide bonds. The number of benzene rings is 1. The summed E-state index contributed by atoms with van der Waals surface area (Å²) in [4.78, 5) is 2.22. The number of aliphatic hydroxyl groups is 1. The standard InChI is InChI=1S/C17H29NO/c1-16(2,3)11-13-8-9-15(14(10-13)12-19)18(7)17(4,5)6/h8-10,19H,11-12H2,1-7H3. The molecule has 0 atom stereocenters. The van der Waals surface area contributed by atoms with Crippen LogP contribution in [0, 0.1) is 5.41 Å². The summed E-state index contributed by atoms with van der Waals surface area (Å²) in [5, 5.41) is 9.63. The molecule has 0 aliphatic carbocycles. The fourth-order valence-corrected chi connectivity index (χ4v) is 2.18. The first-order valence-corrected chi connectivity index (χ1v) is 7.01. The van der Waals surface area contributed by atoms with Crippen molar-refractivity contribution in [2.75, 3.05) is 11.9 Å². The van der Waals surface area contributed by atoms with Crippen LogP contribution in [0.3, 0.4) is 0 Å². The van der Waals surface area contributed by atoms with Gasteiger partial charge in [-0.05, 0) is 44.2 Å². The molecular formula is C17H29NO. The van der Waals surface area contributed by atoms with Crippen LogP contribution in [0.5, 0.6) is 0 Å². The van der Waals surface area contributed by atoms with E-state index in [9.17, 15) is 5.11 Å². The Kier molecular flexibility index (Phi) is 4.67. The highest BCUT2D eigenvalue weighted by molar-refractivity contribution is 5.56. The zero-order chi connectivity index (χ0) is 14.8. The van der Waals surface area contributed by atoms with E-state index in [2.05, 4.69) is 71.7 Å². The lowest BCUT2D eigenvalue weighted by atomic mass is 9.87. The van der Waals surface area contributed by atoms with Crippen LogP contribution in [-0.4, -0.2) is 17.7 Å². The van der Waals surface area contributed by atoms with Crippen molar-refractivity contribution in [1.82, 2.24) is 0 Å². The summed E-state index contributed by atoms with van der Waals surface area (Å²) >= 11 is 0. The van der Waals surface area contributed by atoms with Crippen LogP contribution in [0.2, 0.25) is 0 Å². The molecule has 0 radical (unpaired) electrons. The van der Waals surface area contributed by atoms with Gasteiger partial charge in [0.1, 0.15) is 0 Å². The summed E-state index contributed by atoms with van der Waals surface area (Å²) in [7, 11) is 2.08. The van der Waals surface area contributed by atoms with E-state index in [1.54, 1.807) is 0 Å². The molecule has 2 heteroatoms. The lowest BCUT2D eigenvalue weighted by Crippen LogP contribution is -2.38. The molecule has 0 aliphatic rings. The molecular weight excluding hydrogens is 234 g/mol. The van der Waals surface area contributed by atoms with Crippen LogP contribution in [0.4, 0.5) is 5.69 Å². The van der Waals surface area contributed by atoms with E-state index in [1.165, 1.54) is 5.56 Å². The second-order valence-corrected chi connectivity index (χ2v) is 7.59. The molecule has 0 unspecified atom stereocenters. The quantitative estimate of drug-likeness (QED) is 0.891. The van der Waals surface area contributed by atoms with Crippen molar-refractivity contribution in [3.05, 3.63) is 29.3 Å². The van der Waals surface area contributed by atoms with Gasteiger partial charge in [-0.15, -0.1) is 0 Å². The van der Waals surface area contributed by atoms with Gasteiger partial charge in [0.05, 0.1) is 6.61 Å². The van der Waals surface area contributed by atoms with E-state index in [-0.39, 0.29) is 17.6 Å². The van der Waals surface area contributed by atoms with Crippen molar-refractivity contribution < 1.29 is 5.11 Å². The second-order valence-electron chi connectivity index (χ2n) is 7.59. The van der Waals surface area contributed by atoms with Gasteiger partial charge in [-0.3, -0.25) is 0 Å². The van der Waals surface area contributed by atoms with Gasteiger partial charge in [0.2, 0.25) is 0 Å². The molecule has 1 aromatic carbocycles. The number of hydrogen-bond donors (Lipinski definition) is 1. The van der Waals surface area contributed by atoms with Gasteiger partial charge in [0, 0.05) is 23.8 Å². The lowest BCUT2D eigenvalue weighted by molar-refractivity contribution is 0.281. The Bertz CT molecular complexity index is 424. The van der Waals surface area contributed by atoms with Crippen molar-refractivity contribution in [2.45, 2.75) is 60.1 Å². The fraction of sp³-hybridized carbons (Fsp3) is 0.647. The highest BCUT2D eigenvalue weighted by Gasteiger charge is 2.20. The minimum absolute atomic E-state index is 0.0511. The molecule has 0 aliphatic heterocycles. The Morgan fingerprint density at radius 2 is 1.63 bits per heavy atom. The Balaban J connectivity index is 3.10. The molecule has 1 aromatic rings. The first-order valence-electron chi connectivity index (χ1n) is 7.01. The summed E-state index contributed by atoms with van der Waals surface area (Å²) in [6.07, 6.45) is 1.03. The van der Waals surface area contributed by atoms with E-state index in [0.29, 0.717) is 0 Å². The Labute approximate surface area is 118 Å². The predicted molar refractivity (Wildman–Crippen MR) is 83.7 cm³/mol. The Hall–Kier alpha value is -1.02. The van der Waals surface area contributed by atoms with Crippen LogP contribution in [0.1, 0.15) is 52.7 Å². The second kappa shape index (κ2) is 5.54. The topological polar surface area (TPSA) is 23.5 Å². The third-order valence-corrected chi connectivity index (χ3v) is 3.42. The largest absolute Gasteiger partial charge is 0.392 e. The minimum atomic E-state index is 0.0511. The van der Waals surface area contributed by atoms with Crippen molar-refractivity contribution in [2.24, 2.45) is 5.41 Å². The maximum Gasteiger partial charge on any atom is 0.0702 e. The van der Waals surface area contributed by atoms with Crippen LogP contribution < -0.4 is 4.90 Å². The summed E-state index contributed by atoms with van der Waals surface area (Å²) in [5.74, 6) is 0. The molecule has 0 spiro atoms. The van der Waals surface area contributed by atoms with E-state index in [1.807, 2.05) is 0 Å². The fourth-order valence-electron chi connectivity index (χ4n) is 2.18. The Morgan fingerprint density at radius 3 is 2.05 bits per heavy atom. The smallest absolute Gasteiger partial charge is 0.0702 e. The van der Waals surface area contributed by atoms with Crippen molar-refractivity contribution in [3.8, 4) is 0 Å². The third kappa shape index (κ3) is 4.54. The molecule has 0 saturated heterocycles. The van der Waals surface area contributed by atoms with Crippen LogP contribution in [-0.2, 0) is 13.0 Å². The minimum Gasteiger partial charge on any atom is -0.392 e. The number of aliphatic hydroxyl groups excluding tert-OH is 1. The molecule has 19 heavy (non-hydrogen) atoms. The molecule has 0 heterocycles. The average Bonchev–Trinajstić information content (AvgIpc) is 2.24.